The molecule has 0 radical (unpaired) electrons. The molecule has 0 saturated carbocycles. The van der Waals surface area contributed by atoms with Crippen LogP contribution in [0, 0.1) is 10.5 Å². The first-order chi connectivity index (χ1) is 8.56. The minimum atomic E-state index is -0.958. The standard InChI is InChI=1S/C13H11IN2O2/c1-8-11(13(17)18)5-6-12(15-8)16-10-4-2-3-9(14)7-10/h2-7H,1H3,(H,15,16)(H,17,18). The van der Waals surface area contributed by atoms with Gasteiger partial charge in [0.2, 0.25) is 0 Å². The fourth-order valence-corrected chi connectivity index (χ4v) is 2.11. The van der Waals surface area contributed by atoms with Gasteiger partial charge in [0.1, 0.15) is 5.82 Å². The van der Waals surface area contributed by atoms with Gasteiger partial charge in [0.05, 0.1) is 11.3 Å². The maximum absolute atomic E-state index is 10.9. The van der Waals surface area contributed by atoms with Gasteiger partial charge in [-0.05, 0) is 59.8 Å². The van der Waals surface area contributed by atoms with E-state index in [-0.39, 0.29) is 5.56 Å². The van der Waals surface area contributed by atoms with Gasteiger partial charge in [-0.3, -0.25) is 0 Å². The zero-order chi connectivity index (χ0) is 13.1. The number of carbonyl (C=O) groups is 1. The summed E-state index contributed by atoms with van der Waals surface area (Å²) in [6, 6.07) is 11.1. The molecule has 0 unspecified atom stereocenters. The van der Waals surface area contributed by atoms with E-state index in [1.807, 2.05) is 24.3 Å². The van der Waals surface area contributed by atoms with Crippen LogP contribution in [0.15, 0.2) is 36.4 Å². The Morgan fingerprint density at radius 3 is 2.72 bits per heavy atom. The van der Waals surface area contributed by atoms with Crippen molar-refractivity contribution >= 4 is 40.1 Å². The molecule has 1 aromatic heterocycles. The first-order valence-electron chi connectivity index (χ1n) is 5.30. The van der Waals surface area contributed by atoms with Crippen LogP contribution in [-0.2, 0) is 0 Å². The van der Waals surface area contributed by atoms with Crippen molar-refractivity contribution in [3.63, 3.8) is 0 Å². The smallest absolute Gasteiger partial charge is 0.337 e. The van der Waals surface area contributed by atoms with E-state index >= 15 is 0 Å². The number of halogens is 1. The number of nitrogens with one attached hydrogen (secondary N) is 1. The Morgan fingerprint density at radius 2 is 2.11 bits per heavy atom. The lowest BCUT2D eigenvalue weighted by molar-refractivity contribution is 0.0695. The third-order valence-corrected chi connectivity index (χ3v) is 3.08. The van der Waals surface area contributed by atoms with Crippen LogP contribution in [-0.4, -0.2) is 16.1 Å². The summed E-state index contributed by atoms with van der Waals surface area (Å²) < 4.78 is 1.12. The van der Waals surface area contributed by atoms with E-state index in [0.29, 0.717) is 11.5 Å². The highest BCUT2D eigenvalue weighted by molar-refractivity contribution is 14.1. The Balaban J connectivity index is 2.25. The van der Waals surface area contributed by atoms with Gasteiger partial charge in [-0.2, -0.15) is 0 Å². The first-order valence-corrected chi connectivity index (χ1v) is 6.37. The molecule has 5 heteroatoms. The van der Waals surface area contributed by atoms with Crippen LogP contribution in [0.25, 0.3) is 0 Å². The van der Waals surface area contributed by atoms with Crippen LogP contribution in [0.1, 0.15) is 16.1 Å². The number of nitrogens with zero attached hydrogens (tertiary/aromatic N) is 1. The van der Waals surface area contributed by atoms with E-state index < -0.39 is 5.97 Å². The number of pyridine rings is 1. The second-order valence-corrected chi connectivity index (χ2v) is 5.02. The van der Waals surface area contributed by atoms with Gasteiger partial charge in [0.25, 0.3) is 0 Å². The van der Waals surface area contributed by atoms with Crippen molar-refractivity contribution in [1.82, 2.24) is 4.98 Å². The molecule has 0 aliphatic heterocycles. The van der Waals surface area contributed by atoms with E-state index in [1.54, 1.807) is 19.1 Å². The van der Waals surface area contributed by atoms with Gasteiger partial charge in [-0.1, -0.05) is 6.07 Å². The number of benzene rings is 1. The minimum Gasteiger partial charge on any atom is -0.478 e. The van der Waals surface area contributed by atoms with Crippen LogP contribution < -0.4 is 5.32 Å². The number of aryl methyl sites for hydroxylation is 1. The normalized spacial score (nSPS) is 10.1. The Kier molecular flexibility index (Phi) is 3.81. The van der Waals surface area contributed by atoms with E-state index in [2.05, 4.69) is 32.9 Å². The maximum Gasteiger partial charge on any atom is 0.337 e. The van der Waals surface area contributed by atoms with Crippen molar-refractivity contribution in [2.45, 2.75) is 6.92 Å². The number of hydrogen-bond acceptors (Lipinski definition) is 3. The summed E-state index contributed by atoms with van der Waals surface area (Å²) >= 11 is 2.23. The van der Waals surface area contributed by atoms with Gasteiger partial charge < -0.3 is 10.4 Å². The number of rotatable bonds is 3. The van der Waals surface area contributed by atoms with Crippen LogP contribution in [0.3, 0.4) is 0 Å². The Morgan fingerprint density at radius 1 is 1.33 bits per heavy atom. The summed E-state index contributed by atoms with van der Waals surface area (Å²) in [6.07, 6.45) is 0. The quantitative estimate of drug-likeness (QED) is 0.829. The zero-order valence-electron chi connectivity index (χ0n) is 9.64. The number of carboxylic acids is 1. The van der Waals surface area contributed by atoms with Gasteiger partial charge in [0, 0.05) is 9.26 Å². The fraction of sp³-hybridized carbons (Fsp3) is 0.0769. The van der Waals surface area contributed by atoms with Crippen molar-refractivity contribution in [2.24, 2.45) is 0 Å². The second-order valence-electron chi connectivity index (χ2n) is 3.77. The van der Waals surface area contributed by atoms with E-state index in [9.17, 15) is 4.79 Å². The van der Waals surface area contributed by atoms with Crippen molar-refractivity contribution < 1.29 is 9.90 Å². The van der Waals surface area contributed by atoms with E-state index in [4.69, 9.17) is 5.11 Å². The number of carboxylic acid groups (broad SMARTS) is 1. The average molecular weight is 354 g/mol. The second kappa shape index (κ2) is 5.34. The third-order valence-electron chi connectivity index (χ3n) is 2.41. The molecular weight excluding hydrogens is 343 g/mol. The lowest BCUT2D eigenvalue weighted by Gasteiger charge is -2.08. The molecule has 92 valence electrons. The van der Waals surface area contributed by atoms with Crippen LogP contribution in [0.2, 0.25) is 0 Å². The number of aromatic carboxylic acids is 1. The molecule has 0 saturated heterocycles. The molecule has 0 bridgehead atoms. The molecule has 0 aliphatic carbocycles. The molecule has 4 nitrogen and oxygen atoms in total. The summed E-state index contributed by atoms with van der Waals surface area (Å²) in [5.74, 6) is -0.319. The predicted molar refractivity (Wildman–Crippen MR) is 78.4 cm³/mol. The topological polar surface area (TPSA) is 62.2 Å². The fourth-order valence-electron chi connectivity index (χ4n) is 1.57. The molecule has 0 atom stereocenters. The van der Waals surface area contributed by atoms with Gasteiger partial charge in [-0.15, -0.1) is 0 Å². The SMILES string of the molecule is Cc1nc(Nc2cccc(I)c2)ccc1C(=O)O. The van der Waals surface area contributed by atoms with E-state index in [0.717, 1.165) is 9.26 Å². The Labute approximate surface area is 118 Å². The molecule has 18 heavy (non-hydrogen) atoms. The maximum atomic E-state index is 10.9. The molecule has 1 aromatic carbocycles. The van der Waals surface area contributed by atoms with Crippen molar-refractivity contribution in [2.75, 3.05) is 5.32 Å². The van der Waals surface area contributed by atoms with Crippen LogP contribution in [0.5, 0.6) is 0 Å². The summed E-state index contributed by atoms with van der Waals surface area (Å²) in [5.41, 5.74) is 1.65. The van der Waals surface area contributed by atoms with Crippen molar-refractivity contribution in [1.29, 1.82) is 0 Å². The van der Waals surface area contributed by atoms with E-state index in [1.165, 1.54) is 0 Å². The van der Waals surface area contributed by atoms with Crippen LogP contribution >= 0.6 is 22.6 Å². The highest BCUT2D eigenvalue weighted by Crippen LogP contribution is 2.18. The molecule has 0 amide bonds. The third kappa shape index (κ3) is 2.98. The van der Waals surface area contributed by atoms with Gasteiger partial charge in [0.15, 0.2) is 0 Å². The highest BCUT2D eigenvalue weighted by Gasteiger charge is 2.08. The van der Waals surface area contributed by atoms with Crippen molar-refractivity contribution in [3.8, 4) is 0 Å². The molecule has 2 aromatic rings. The number of aromatic nitrogens is 1. The molecular formula is C13H11IN2O2. The molecule has 1 heterocycles. The molecule has 0 fully saturated rings. The largest absolute Gasteiger partial charge is 0.478 e. The average Bonchev–Trinajstić information content (AvgIpc) is 2.28. The molecule has 2 N–H and O–H groups in total. The van der Waals surface area contributed by atoms with Crippen molar-refractivity contribution in [3.05, 3.63) is 51.2 Å². The lowest BCUT2D eigenvalue weighted by Crippen LogP contribution is -2.03. The summed E-state index contributed by atoms with van der Waals surface area (Å²) in [7, 11) is 0. The Bertz CT molecular complexity index is 599. The molecule has 0 aliphatic rings. The lowest BCUT2D eigenvalue weighted by atomic mass is 10.2. The first kappa shape index (κ1) is 12.8. The number of hydrogen-bond donors (Lipinski definition) is 2. The zero-order valence-corrected chi connectivity index (χ0v) is 11.8. The van der Waals surface area contributed by atoms with Crippen LogP contribution in [0.4, 0.5) is 11.5 Å². The van der Waals surface area contributed by atoms with Gasteiger partial charge >= 0.3 is 5.97 Å². The predicted octanol–water partition coefficient (Wildman–Crippen LogP) is 3.44. The minimum absolute atomic E-state index is 0.225. The van der Waals surface area contributed by atoms with Gasteiger partial charge in [-0.25, -0.2) is 9.78 Å². The summed E-state index contributed by atoms with van der Waals surface area (Å²) in [5, 5.41) is 12.1. The summed E-state index contributed by atoms with van der Waals surface area (Å²) in [4.78, 5) is 15.1. The number of anilines is 2. The molecule has 2 rings (SSSR count). The highest BCUT2D eigenvalue weighted by atomic mass is 127. The Hall–Kier alpha value is -1.63. The monoisotopic (exact) mass is 354 g/mol. The summed E-state index contributed by atoms with van der Waals surface area (Å²) in [6.45, 7) is 1.68. The molecule has 0 spiro atoms.